The number of rotatable bonds is 8. The van der Waals surface area contributed by atoms with E-state index in [0.717, 1.165) is 81.0 Å². The van der Waals surface area contributed by atoms with Crippen LogP contribution >= 0.6 is 0 Å². The van der Waals surface area contributed by atoms with E-state index in [1.807, 2.05) is 42.5 Å². The summed E-state index contributed by atoms with van der Waals surface area (Å²) in [4.78, 5) is 17.6. The number of likely N-dealkylation sites (N-methyl/N-ethyl adjacent to an activating group) is 1. The largest absolute Gasteiger partial charge is 0.490 e. The van der Waals surface area contributed by atoms with Gasteiger partial charge in [-0.05, 0) is 98.9 Å². The van der Waals surface area contributed by atoms with Crippen LogP contribution in [0.1, 0.15) is 65.2 Å². The molecular weight excluding hydrogens is 551 g/mol. The van der Waals surface area contributed by atoms with Gasteiger partial charge in [-0.15, -0.1) is 0 Å². The zero-order valence-electron chi connectivity index (χ0n) is 24.5. The van der Waals surface area contributed by atoms with Crippen LogP contribution in [-0.4, -0.2) is 60.6 Å². The van der Waals surface area contributed by atoms with Gasteiger partial charge < -0.3 is 10.1 Å². The summed E-state index contributed by atoms with van der Waals surface area (Å²) in [6, 6.07) is 20.7. The third-order valence-electron chi connectivity index (χ3n) is 8.23. The molecule has 3 aromatic rings. The Hall–Kier alpha value is -3.80. The Morgan fingerprint density at radius 2 is 1.67 bits per heavy atom. The minimum absolute atomic E-state index is 0.0606. The maximum Gasteiger partial charge on any atom is 0.416 e. The second kappa shape index (κ2) is 14.1. The zero-order chi connectivity index (χ0) is 30.2. The predicted octanol–water partition coefficient (Wildman–Crippen LogP) is 6.36. The smallest absolute Gasteiger partial charge is 0.416 e. The van der Waals surface area contributed by atoms with E-state index in [1.165, 1.54) is 18.6 Å². The van der Waals surface area contributed by atoms with E-state index < -0.39 is 11.7 Å². The summed E-state index contributed by atoms with van der Waals surface area (Å²) in [5.41, 5.74) is 2.45. The fourth-order valence-corrected chi connectivity index (χ4v) is 5.84. The molecule has 0 aliphatic carbocycles. The van der Waals surface area contributed by atoms with Crippen molar-refractivity contribution in [3.63, 3.8) is 0 Å². The van der Waals surface area contributed by atoms with Gasteiger partial charge in [-0.25, -0.2) is 0 Å². The normalized spacial score (nSPS) is 18.2. The number of benzene rings is 3. The van der Waals surface area contributed by atoms with Crippen molar-refractivity contribution in [2.75, 3.05) is 32.7 Å². The van der Waals surface area contributed by atoms with Gasteiger partial charge in [-0.1, -0.05) is 37.0 Å². The first-order chi connectivity index (χ1) is 20.8. The highest BCUT2D eigenvalue weighted by Gasteiger charge is 2.30. The number of alkyl halides is 3. The number of carbonyl (C=O) groups is 1. The van der Waals surface area contributed by atoms with Gasteiger partial charge in [0.1, 0.15) is 11.9 Å². The minimum atomic E-state index is -4.35. The van der Waals surface area contributed by atoms with Crippen molar-refractivity contribution in [3.05, 3.63) is 101 Å². The lowest BCUT2D eigenvalue weighted by Gasteiger charge is -2.32. The van der Waals surface area contributed by atoms with Crippen LogP contribution in [0.5, 0.6) is 5.75 Å². The molecule has 2 fully saturated rings. The summed E-state index contributed by atoms with van der Waals surface area (Å²) in [6.07, 6.45) is -0.174. The van der Waals surface area contributed by atoms with Gasteiger partial charge in [0.05, 0.1) is 5.56 Å². The fraction of sp³-hybridized carbons (Fsp3) is 0.400. The quantitative estimate of drug-likeness (QED) is 0.311. The topological polar surface area (TPSA) is 44.8 Å². The number of nitrogens with zero attached hydrogens (tertiary/aromatic N) is 2. The molecule has 43 heavy (non-hydrogen) atoms. The summed E-state index contributed by atoms with van der Waals surface area (Å²) in [7, 11) is 0. The molecule has 1 amide bonds. The number of hydrogen-bond donors (Lipinski definition) is 1. The Morgan fingerprint density at radius 3 is 2.42 bits per heavy atom. The highest BCUT2D eigenvalue weighted by molar-refractivity contribution is 5.94. The summed E-state index contributed by atoms with van der Waals surface area (Å²) >= 11 is 0. The lowest BCUT2D eigenvalue weighted by Crippen LogP contribution is -2.40. The molecule has 2 aliphatic heterocycles. The monoisotopic (exact) mass is 589 g/mol. The predicted molar refractivity (Wildman–Crippen MR) is 162 cm³/mol. The number of carbonyl (C=O) groups excluding carboxylic acids is 1. The fourth-order valence-electron chi connectivity index (χ4n) is 5.84. The molecule has 0 aromatic heterocycles. The number of nitrogens with one attached hydrogen (secondary N) is 1. The molecule has 2 heterocycles. The van der Waals surface area contributed by atoms with Crippen molar-refractivity contribution in [2.24, 2.45) is 0 Å². The molecule has 0 bridgehead atoms. The number of hydrogen-bond acceptors (Lipinski definition) is 4. The molecule has 0 saturated carbocycles. The van der Waals surface area contributed by atoms with E-state index in [2.05, 4.69) is 39.9 Å². The van der Waals surface area contributed by atoms with Gasteiger partial charge in [0.25, 0.3) is 5.91 Å². The van der Waals surface area contributed by atoms with Crippen LogP contribution in [0, 0.1) is 11.8 Å². The average molecular weight is 590 g/mol. The van der Waals surface area contributed by atoms with E-state index >= 15 is 0 Å². The van der Waals surface area contributed by atoms with Gasteiger partial charge in [0, 0.05) is 48.9 Å². The third-order valence-corrected chi connectivity index (χ3v) is 8.23. The first kappa shape index (κ1) is 30.7. The van der Waals surface area contributed by atoms with Crippen LogP contribution < -0.4 is 10.1 Å². The van der Waals surface area contributed by atoms with Crippen molar-refractivity contribution in [2.45, 2.75) is 57.5 Å². The number of amides is 1. The first-order valence-electron chi connectivity index (χ1n) is 15.1. The van der Waals surface area contributed by atoms with Crippen molar-refractivity contribution in [1.29, 1.82) is 0 Å². The number of halogens is 3. The highest BCUT2D eigenvalue weighted by atomic mass is 19.4. The second-order valence-electron chi connectivity index (χ2n) is 11.3. The molecule has 5 nitrogen and oxygen atoms in total. The molecule has 1 atom stereocenters. The van der Waals surface area contributed by atoms with Crippen molar-refractivity contribution in [1.82, 2.24) is 15.1 Å². The summed E-state index contributed by atoms with van der Waals surface area (Å²) < 4.78 is 44.6. The standard InChI is InChI=1S/C35H38F3N3O2/c1-2-41-19-5-9-31(41)24-39-34(42)29-8-4-10-33(23-29)43-32-17-20-40(21-18-32)25-28-7-3-6-27(22-28)12-11-26-13-15-30(16-14-26)35(36,37)38/h3-4,6-8,10,13-16,22-23,31-32H,2,5,9,17-21,24-25H2,1H3,(H,39,42)/t31-/m1/s1. The van der Waals surface area contributed by atoms with Crippen molar-refractivity contribution >= 4 is 5.91 Å². The van der Waals surface area contributed by atoms with Crippen LogP contribution in [0.3, 0.4) is 0 Å². The molecule has 0 radical (unpaired) electrons. The van der Waals surface area contributed by atoms with Gasteiger partial charge in [-0.3, -0.25) is 14.6 Å². The maximum absolute atomic E-state index is 12.8. The molecule has 1 N–H and O–H groups in total. The molecule has 0 unspecified atom stereocenters. The van der Waals surface area contributed by atoms with E-state index in [1.54, 1.807) is 0 Å². The van der Waals surface area contributed by atoms with Gasteiger partial charge in [0.15, 0.2) is 0 Å². The summed E-state index contributed by atoms with van der Waals surface area (Å²) in [6.45, 7) is 7.52. The number of likely N-dealkylation sites (tertiary alicyclic amines) is 2. The van der Waals surface area contributed by atoms with E-state index in [9.17, 15) is 18.0 Å². The van der Waals surface area contributed by atoms with Crippen LogP contribution in [0.25, 0.3) is 0 Å². The Balaban J connectivity index is 1.09. The maximum atomic E-state index is 12.8. The second-order valence-corrected chi connectivity index (χ2v) is 11.3. The van der Waals surface area contributed by atoms with Gasteiger partial charge in [0.2, 0.25) is 0 Å². The first-order valence-corrected chi connectivity index (χ1v) is 15.1. The Morgan fingerprint density at radius 1 is 0.930 bits per heavy atom. The van der Waals surface area contributed by atoms with E-state index in [-0.39, 0.29) is 12.0 Å². The van der Waals surface area contributed by atoms with Crippen LogP contribution in [-0.2, 0) is 12.7 Å². The van der Waals surface area contributed by atoms with Crippen LogP contribution in [0.2, 0.25) is 0 Å². The molecule has 226 valence electrons. The van der Waals surface area contributed by atoms with Crippen molar-refractivity contribution < 1.29 is 22.7 Å². The summed E-state index contributed by atoms with van der Waals surface area (Å²) in [5.74, 6) is 6.69. The summed E-state index contributed by atoms with van der Waals surface area (Å²) in [5, 5.41) is 3.10. The van der Waals surface area contributed by atoms with Gasteiger partial charge in [-0.2, -0.15) is 13.2 Å². The molecule has 8 heteroatoms. The highest BCUT2D eigenvalue weighted by Crippen LogP contribution is 2.29. The van der Waals surface area contributed by atoms with E-state index in [4.69, 9.17) is 4.74 Å². The van der Waals surface area contributed by atoms with Gasteiger partial charge >= 0.3 is 6.18 Å². The minimum Gasteiger partial charge on any atom is -0.490 e. The number of ether oxygens (including phenoxy) is 1. The van der Waals surface area contributed by atoms with Crippen molar-refractivity contribution in [3.8, 4) is 17.6 Å². The SMILES string of the molecule is CCN1CCC[C@@H]1CNC(=O)c1cccc(OC2CCN(Cc3cccc(C#Cc4ccc(C(F)(F)F)cc4)c3)CC2)c1. The lowest BCUT2D eigenvalue weighted by atomic mass is 10.1. The Bertz CT molecular complexity index is 1440. The molecular formula is C35H38F3N3O2. The number of piperidine rings is 1. The molecule has 2 aliphatic rings. The van der Waals surface area contributed by atoms with E-state index in [0.29, 0.717) is 23.7 Å². The Kier molecular flexibility index (Phi) is 10.1. The van der Waals surface area contributed by atoms with Crippen LogP contribution in [0.4, 0.5) is 13.2 Å². The average Bonchev–Trinajstić information content (AvgIpc) is 3.48. The molecule has 5 rings (SSSR count). The molecule has 3 aromatic carbocycles. The molecule has 2 saturated heterocycles. The zero-order valence-corrected chi connectivity index (χ0v) is 24.5. The lowest BCUT2D eigenvalue weighted by molar-refractivity contribution is -0.137. The molecule has 0 spiro atoms. The third kappa shape index (κ3) is 8.62. The Labute approximate surface area is 252 Å². The van der Waals surface area contributed by atoms with Crippen LogP contribution in [0.15, 0.2) is 72.8 Å².